The van der Waals surface area contributed by atoms with E-state index >= 15 is 0 Å². The molecule has 0 aliphatic rings. The number of carbonyl (C=O) groups is 1. The summed E-state index contributed by atoms with van der Waals surface area (Å²) in [6, 6.07) is 0. The summed E-state index contributed by atoms with van der Waals surface area (Å²) in [5.41, 5.74) is 0.429. The molecule has 70 valence electrons. The molecule has 0 N–H and O–H groups in total. The van der Waals surface area contributed by atoms with Gasteiger partial charge in [0.2, 0.25) is 0 Å². The maximum atomic E-state index is 10.9. The van der Waals surface area contributed by atoms with Crippen LogP contribution in [0.1, 0.15) is 27.2 Å². The second-order valence-corrected chi connectivity index (χ2v) is 3.01. The van der Waals surface area contributed by atoms with Gasteiger partial charge in [-0.1, -0.05) is 27.4 Å². The molecule has 0 aromatic carbocycles. The molecule has 0 heterocycles. The standard InChI is InChI=1S/C9H16O3/c1-5-8(4)9(10)12-11-6-7(2)3/h7H,4-6H2,1-3H3. The Morgan fingerprint density at radius 2 is 2.08 bits per heavy atom. The van der Waals surface area contributed by atoms with Crippen molar-refractivity contribution >= 4 is 5.97 Å². The maximum Gasteiger partial charge on any atom is 0.368 e. The van der Waals surface area contributed by atoms with Gasteiger partial charge >= 0.3 is 5.97 Å². The Morgan fingerprint density at radius 1 is 1.50 bits per heavy atom. The summed E-state index contributed by atoms with van der Waals surface area (Å²) >= 11 is 0. The Balaban J connectivity index is 3.51. The molecule has 0 spiro atoms. The molecular formula is C9H16O3. The van der Waals surface area contributed by atoms with Crippen LogP contribution in [0.15, 0.2) is 12.2 Å². The molecule has 0 rings (SSSR count). The molecule has 0 saturated heterocycles. The van der Waals surface area contributed by atoms with Gasteiger partial charge in [-0.25, -0.2) is 4.79 Å². The van der Waals surface area contributed by atoms with E-state index in [9.17, 15) is 4.79 Å². The number of carbonyl (C=O) groups excluding carboxylic acids is 1. The zero-order valence-corrected chi connectivity index (χ0v) is 7.92. The normalized spacial score (nSPS) is 10.0. The quantitative estimate of drug-likeness (QED) is 0.362. The van der Waals surface area contributed by atoms with Crippen molar-refractivity contribution in [3.8, 4) is 0 Å². The van der Waals surface area contributed by atoms with E-state index < -0.39 is 5.97 Å². The molecule has 3 heteroatoms. The maximum absolute atomic E-state index is 10.9. The number of hydrogen-bond acceptors (Lipinski definition) is 3. The first-order chi connectivity index (χ1) is 5.57. The van der Waals surface area contributed by atoms with Crippen molar-refractivity contribution in [2.45, 2.75) is 27.2 Å². The third-order valence-corrected chi connectivity index (χ3v) is 1.25. The number of hydrogen-bond donors (Lipinski definition) is 0. The van der Waals surface area contributed by atoms with Gasteiger partial charge in [0.15, 0.2) is 0 Å². The second kappa shape index (κ2) is 5.77. The van der Waals surface area contributed by atoms with E-state index in [1.807, 2.05) is 20.8 Å². The molecule has 0 radical (unpaired) electrons. The van der Waals surface area contributed by atoms with Crippen LogP contribution in [0.3, 0.4) is 0 Å². The van der Waals surface area contributed by atoms with Crippen molar-refractivity contribution < 1.29 is 14.6 Å². The van der Waals surface area contributed by atoms with Gasteiger partial charge in [-0.15, -0.1) is 0 Å². The Hall–Kier alpha value is -0.830. The first kappa shape index (κ1) is 11.2. The van der Waals surface area contributed by atoms with Crippen LogP contribution >= 0.6 is 0 Å². The summed E-state index contributed by atoms with van der Waals surface area (Å²) in [5, 5.41) is 0. The molecule has 0 atom stereocenters. The lowest BCUT2D eigenvalue weighted by Gasteiger charge is -2.05. The highest BCUT2D eigenvalue weighted by Gasteiger charge is 2.07. The lowest BCUT2D eigenvalue weighted by molar-refractivity contribution is -0.272. The van der Waals surface area contributed by atoms with Crippen molar-refractivity contribution in [2.75, 3.05) is 6.61 Å². The molecule has 0 fully saturated rings. The van der Waals surface area contributed by atoms with Crippen molar-refractivity contribution in [1.29, 1.82) is 0 Å². The molecule has 0 saturated carbocycles. The van der Waals surface area contributed by atoms with Crippen LogP contribution in [0, 0.1) is 5.92 Å². The summed E-state index contributed by atoms with van der Waals surface area (Å²) in [7, 11) is 0. The monoisotopic (exact) mass is 172 g/mol. The molecule has 12 heavy (non-hydrogen) atoms. The van der Waals surface area contributed by atoms with Crippen molar-refractivity contribution in [3.63, 3.8) is 0 Å². The Labute approximate surface area is 73.3 Å². The fraction of sp³-hybridized carbons (Fsp3) is 0.667. The van der Waals surface area contributed by atoms with Crippen molar-refractivity contribution in [1.82, 2.24) is 0 Å². The molecule has 0 bridgehead atoms. The first-order valence-electron chi connectivity index (χ1n) is 4.09. The summed E-state index contributed by atoms with van der Waals surface area (Å²) < 4.78 is 0. The third kappa shape index (κ3) is 4.91. The van der Waals surface area contributed by atoms with E-state index in [0.29, 0.717) is 24.5 Å². The fourth-order valence-electron chi connectivity index (χ4n) is 0.427. The highest BCUT2D eigenvalue weighted by Crippen LogP contribution is 2.01. The summed E-state index contributed by atoms with van der Waals surface area (Å²) in [6.45, 7) is 9.72. The number of rotatable bonds is 5. The second-order valence-electron chi connectivity index (χ2n) is 3.01. The molecule has 0 aliphatic carbocycles. The zero-order valence-electron chi connectivity index (χ0n) is 7.92. The van der Waals surface area contributed by atoms with Gasteiger partial charge in [0, 0.05) is 5.57 Å². The smallest absolute Gasteiger partial charge is 0.293 e. The van der Waals surface area contributed by atoms with Crippen LogP contribution in [-0.4, -0.2) is 12.6 Å². The molecule has 0 aliphatic heterocycles. The van der Waals surface area contributed by atoms with Crippen LogP contribution in [0.25, 0.3) is 0 Å². The van der Waals surface area contributed by atoms with Gasteiger partial charge in [-0.3, -0.25) is 4.89 Å². The highest BCUT2D eigenvalue weighted by atomic mass is 17.2. The van der Waals surface area contributed by atoms with E-state index in [1.54, 1.807) is 0 Å². The Bertz CT molecular complexity index is 161. The van der Waals surface area contributed by atoms with Gasteiger partial charge in [0.1, 0.15) is 0 Å². The summed E-state index contributed by atoms with van der Waals surface area (Å²) in [5.74, 6) is -0.120. The van der Waals surface area contributed by atoms with Gasteiger partial charge in [0.25, 0.3) is 0 Å². The predicted molar refractivity (Wildman–Crippen MR) is 46.3 cm³/mol. The van der Waals surface area contributed by atoms with Gasteiger partial charge < -0.3 is 0 Å². The average Bonchev–Trinajstić information content (AvgIpc) is 2.02. The first-order valence-corrected chi connectivity index (χ1v) is 4.09. The molecule has 0 aromatic heterocycles. The topological polar surface area (TPSA) is 35.5 Å². The minimum absolute atomic E-state index is 0.354. The van der Waals surface area contributed by atoms with E-state index in [-0.39, 0.29) is 0 Å². The van der Waals surface area contributed by atoms with Crippen LogP contribution in [0.4, 0.5) is 0 Å². The van der Waals surface area contributed by atoms with Gasteiger partial charge in [-0.05, 0) is 12.3 Å². The van der Waals surface area contributed by atoms with Crippen LogP contribution in [0.5, 0.6) is 0 Å². The SMILES string of the molecule is C=C(CC)C(=O)OOCC(C)C. The molecule has 3 nitrogen and oxygen atoms in total. The fourth-order valence-corrected chi connectivity index (χ4v) is 0.427. The summed E-state index contributed by atoms with van der Waals surface area (Å²) in [4.78, 5) is 20.0. The minimum atomic E-state index is -0.474. The Kier molecular flexibility index (Phi) is 5.37. The predicted octanol–water partition coefficient (Wildman–Crippen LogP) is 2.08. The van der Waals surface area contributed by atoms with Gasteiger partial charge in [0.05, 0.1) is 6.61 Å². The Morgan fingerprint density at radius 3 is 2.50 bits per heavy atom. The zero-order chi connectivity index (χ0) is 9.56. The van der Waals surface area contributed by atoms with E-state index in [0.717, 1.165) is 0 Å². The lowest BCUT2D eigenvalue weighted by atomic mass is 10.2. The largest absolute Gasteiger partial charge is 0.368 e. The molecule has 0 amide bonds. The molecule has 0 unspecified atom stereocenters. The molecule has 0 aromatic rings. The highest BCUT2D eigenvalue weighted by molar-refractivity contribution is 5.87. The minimum Gasteiger partial charge on any atom is -0.293 e. The van der Waals surface area contributed by atoms with Crippen LogP contribution in [-0.2, 0) is 14.6 Å². The molecular weight excluding hydrogens is 156 g/mol. The van der Waals surface area contributed by atoms with E-state index in [1.165, 1.54) is 0 Å². The van der Waals surface area contributed by atoms with Crippen molar-refractivity contribution in [2.24, 2.45) is 5.92 Å². The van der Waals surface area contributed by atoms with E-state index in [4.69, 9.17) is 0 Å². The average molecular weight is 172 g/mol. The van der Waals surface area contributed by atoms with E-state index in [2.05, 4.69) is 16.4 Å². The summed E-state index contributed by atoms with van der Waals surface area (Å²) in [6.07, 6.45) is 0.587. The third-order valence-electron chi connectivity index (χ3n) is 1.25. The van der Waals surface area contributed by atoms with Crippen molar-refractivity contribution in [3.05, 3.63) is 12.2 Å². The van der Waals surface area contributed by atoms with Crippen LogP contribution in [0.2, 0.25) is 0 Å². The van der Waals surface area contributed by atoms with Crippen LogP contribution < -0.4 is 0 Å². The lowest BCUT2D eigenvalue weighted by Crippen LogP contribution is -2.10. The van der Waals surface area contributed by atoms with Gasteiger partial charge in [-0.2, -0.15) is 4.89 Å².